The lowest BCUT2D eigenvalue weighted by molar-refractivity contribution is -0.115. The van der Waals surface area contributed by atoms with Gasteiger partial charge in [0.05, 0.1) is 12.2 Å². The van der Waals surface area contributed by atoms with E-state index < -0.39 is 41.6 Å². The summed E-state index contributed by atoms with van der Waals surface area (Å²) in [5, 5.41) is 7.08. The van der Waals surface area contributed by atoms with E-state index in [-0.39, 0.29) is 0 Å². The molecular formula is C17H24F3N3O2. The summed E-state index contributed by atoms with van der Waals surface area (Å²) in [6.45, 7) is 4.22. The number of anilines is 1. The predicted octanol–water partition coefficient (Wildman–Crippen LogP) is 3.56. The van der Waals surface area contributed by atoms with Crippen LogP contribution in [0.15, 0.2) is 12.1 Å². The van der Waals surface area contributed by atoms with Crippen LogP contribution < -0.4 is 16.0 Å². The molecule has 0 saturated heterocycles. The van der Waals surface area contributed by atoms with Gasteiger partial charge in [-0.05, 0) is 24.5 Å². The number of carbonyl (C=O) groups excluding carboxylic acids is 2. The number of hydrogen-bond acceptors (Lipinski definition) is 2. The van der Waals surface area contributed by atoms with E-state index in [1.807, 2.05) is 6.92 Å². The van der Waals surface area contributed by atoms with Crippen LogP contribution in [0.3, 0.4) is 0 Å². The van der Waals surface area contributed by atoms with E-state index in [2.05, 4.69) is 22.9 Å². The van der Waals surface area contributed by atoms with Crippen molar-refractivity contribution in [3.63, 3.8) is 0 Å². The van der Waals surface area contributed by atoms with Gasteiger partial charge in [-0.15, -0.1) is 0 Å². The van der Waals surface area contributed by atoms with Crippen LogP contribution in [0, 0.1) is 23.4 Å². The number of halogens is 3. The monoisotopic (exact) mass is 359 g/mol. The first-order chi connectivity index (χ1) is 11.9. The molecule has 1 aromatic carbocycles. The van der Waals surface area contributed by atoms with Gasteiger partial charge in [-0.2, -0.15) is 0 Å². The van der Waals surface area contributed by atoms with Gasteiger partial charge in [0.15, 0.2) is 17.5 Å². The standard InChI is InChI=1S/C17H24F3N3O2/c1-3-5-6-11(4-2)9-21-17(25)22-10-14(24)23-13-8-7-12(18)15(19)16(13)20/h7-8,11H,3-6,9-10H2,1-2H3,(H,23,24)(H2,21,22,25). The average molecular weight is 359 g/mol. The molecule has 0 heterocycles. The Morgan fingerprint density at radius 2 is 1.80 bits per heavy atom. The van der Waals surface area contributed by atoms with Gasteiger partial charge in [0.25, 0.3) is 0 Å². The number of nitrogens with one attached hydrogen (secondary N) is 3. The SMILES string of the molecule is CCCCC(CC)CNC(=O)NCC(=O)Nc1ccc(F)c(F)c1F. The number of carbonyl (C=O) groups is 2. The summed E-state index contributed by atoms with van der Waals surface area (Å²) in [4.78, 5) is 23.3. The normalized spacial score (nSPS) is 11.7. The minimum absolute atomic E-state index is 0.371. The van der Waals surface area contributed by atoms with Crippen LogP contribution in [0.2, 0.25) is 0 Å². The lowest BCUT2D eigenvalue weighted by Crippen LogP contribution is -2.41. The topological polar surface area (TPSA) is 70.2 Å². The zero-order chi connectivity index (χ0) is 18.8. The Morgan fingerprint density at radius 1 is 1.08 bits per heavy atom. The third kappa shape index (κ3) is 7.03. The quantitative estimate of drug-likeness (QED) is 0.590. The van der Waals surface area contributed by atoms with Gasteiger partial charge in [-0.25, -0.2) is 18.0 Å². The summed E-state index contributed by atoms with van der Waals surface area (Å²) in [7, 11) is 0. The third-order valence-corrected chi connectivity index (χ3v) is 3.81. The molecule has 8 heteroatoms. The Morgan fingerprint density at radius 3 is 2.44 bits per heavy atom. The highest BCUT2D eigenvalue weighted by Crippen LogP contribution is 2.19. The van der Waals surface area contributed by atoms with E-state index in [0.29, 0.717) is 18.5 Å². The largest absolute Gasteiger partial charge is 0.338 e. The minimum Gasteiger partial charge on any atom is -0.338 e. The Kier molecular flexibility index (Phi) is 8.80. The second-order valence-corrected chi connectivity index (χ2v) is 5.75. The van der Waals surface area contributed by atoms with Gasteiger partial charge >= 0.3 is 6.03 Å². The summed E-state index contributed by atoms with van der Waals surface area (Å²) in [6, 6.07) is 1.09. The molecule has 1 aromatic rings. The fourth-order valence-corrected chi connectivity index (χ4v) is 2.22. The maximum Gasteiger partial charge on any atom is 0.315 e. The second-order valence-electron chi connectivity index (χ2n) is 5.75. The molecule has 5 nitrogen and oxygen atoms in total. The van der Waals surface area contributed by atoms with Gasteiger partial charge in [0.2, 0.25) is 5.91 Å². The van der Waals surface area contributed by atoms with Crippen LogP contribution in [0.4, 0.5) is 23.7 Å². The van der Waals surface area contributed by atoms with Gasteiger partial charge in [-0.1, -0.05) is 33.1 Å². The van der Waals surface area contributed by atoms with Gasteiger partial charge < -0.3 is 16.0 Å². The average Bonchev–Trinajstić information content (AvgIpc) is 2.60. The van der Waals surface area contributed by atoms with E-state index >= 15 is 0 Å². The van der Waals surface area contributed by atoms with Crippen LogP contribution in [-0.2, 0) is 4.79 Å². The molecule has 0 aliphatic heterocycles. The molecule has 3 amide bonds. The van der Waals surface area contributed by atoms with Crippen molar-refractivity contribution in [3.8, 4) is 0 Å². The van der Waals surface area contributed by atoms with E-state index in [9.17, 15) is 22.8 Å². The molecule has 0 aromatic heterocycles. The summed E-state index contributed by atoms with van der Waals surface area (Å²) < 4.78 is 39.3. The molecule has 0 fully saturated rings. The number of rotatable bonds is 9. The Balaban J connectivity index is 2.38. The Labute approximate surface area is 145 Å². The van der Waals surface area contributed by atoms with E-state index in [1.54, 1.807) is 0 Å². The van der Waals surface area contributed by atoms with E-state index in [1.165, 1.54) is 0 Å². The van der Waals surface area contributed by atoms with Crippen molar-refractivity contribution in [2.45, 2.75) is 39.5 Å². The summed E-state index contributed by atoms with van der Waals surface area (Å²) in [5.74, 6) is -4.88. The van der Waals surface area contributed by atoms with Gasteiger partial charge in [-0.3, -0.25) is 4.79 Å². The molecule has 0 radical (unpaired) electrons. The highest BCUT2D eigenvalue weighted by atomic mass is 19.2. The molecule has 1 unspecified atom stereocenters. The molecule has 3 N–H and O–H groups in total. The molecule has 1 atom stereocenters. The van der Waals surface area contributed by atoms with Crippen molar-refractivity contribution < 1.29 is 22.8 Å². The first-order valence-corrected chi connectivity index (χ1v) is 8.34. The molecule has 0 aliphatic rings. The fourth-order valence-electron chi connectivity index (χ4n) is 2.22. The Bertz CT molecular complexity index is 597. The van der Waals surface area contributed by atoms with Crippen molar-refractivity contribution in [2.24, 2.45) is 5.92 Å². The Hall–Kier alpha value is -2.25. The number of hydrogen-bond donors (Lipinski definition) is 3. The van der Waals surface area contributed by atoms with Crippen LogP contribution in [0.25, 0.3) is 0 Å². The maximum absolute atomic E-state index is 13.4. The van der Waals surface area contributed by atoms with Crippen LogP contribution in [-0.4, -0.2) is 25.0 Å². The van der Waals surface area contributed by atoms with E-state index in [4.69, 9.17) is 0 Å². The van der Waals surface area contributed by atoms with Gasteiger partial charge in [0.1, 0.15) is 0 Å². The first-order valence-electron chi connectivity index (χ1n) is 8.34. The fraction of sp³-hybridized carbons (Fsp3) is 0.529. The van der Waals surface area contributed by atoms with Crippen LogP contribution in [0.5, 0.6) is 0 Å². The second kappa shape index (κ2) is 10.6. The zero-order valence-electron chi connectivity index (χ0n) is 14.4. The third-order valence-electron chi connectivity index (χ3n) is 3.81. The lowest BCUT2D eigenvalue weighted by atomic mass is 9.99. The number of benzene rings is 1. The maximum atomic E-state index is 13.4. The zero-order valence-corrected chi connectivity index (χ0v) is 14.4. The molecule has 1 rings (SSSR count). The summed E-state index contributed by atoms with van der Waals surface area (Å²) >= 11 is 0. The number of unbranched alkanes of at least 4 members (excludes halogenated alkanes) is 1. The molecule has 0 bridgehead atoms. The van der Waals surface area contributed by atoms with Crippen molar-refractivity contribution in [3.05, 3.63) is 29.6 Å². The number of urea groups is 1. The smallest absolute Gasteiger partial charge is 0.315 e. The predicted molar refractivity (Wildman–Crippen MR) is 89.7 cm³/mol. The van der Waals surface area contributed by atoms with Crippen molar-refractivity contribution in [2.75, 3.05) is 18.4 Å². The van der Waals surface area contributed by atoms with Crippen LogP contribution >= 0.6 is 0 Å². The molecule has 0 spiro atoms. The van der Waals surface area contributed by atoms with Crippen molar-refractivity contribution in [1.82, 2.24) is 10.6 Å². The highest BCUT2D eigenvalue weighted by Gasteiger charge is 2.15. The van der Waals surface area contributed by atoms with Crippen molar-refractivity contribution in [1.29, 1.82) is 0 Å². The molecular weight excluding hydrogens is 335 g/mol. The molecule has 0 aliphatic carbocycles. The summed E-state index contributed by atoms with van der Waals surface area (Å²) in [6.07, 6.45) is 4.13. The molecule has 25 heavy (non-hydrogen) atoms. The number of amides is 3. The lowest BCUT2D eigenvalue weighted by Gasteiger charge is -2.15. The van der Waals surface area contributed by atoms with Crippen LogP contribution in [0.1, 0.15) is 39.5 Å². The summed E-state index contributed by atoms with van der Waals surface area (Å²) in [5.41, 5.74) is -0.489. The highest BCUT2D eigenvalue weighted by molar-refractivity contribution is 5.94. The molecule has 140 valence electrons. The molecule has 0 saturated carbocycles. The first kappa shape index (κ1) is 20.8. The van der Waals surface area contributed by atoms with E-state index in [0.717, 1.165) is 31.7 Å². The minimum atomic E-state index is -1.67. The van der Waals surface area contributed by atoms with Gasteiger partial charge in [0, 0.05) is 6.54 Å². The van der Waals surface area contributed by atoms with Crippen molar-refractivity contribution >= 4 is 17.6 Å².